The summed E-state index contributed by atoms with van der Waals surface area (Å²) in [6, 6.07) is 0. The zero-order chi connectivity index (χ0) is 16.2. The lowest BCUT2D eigenvalue weighted by molar-refractivity contribution is -0.941. The second kappa shape index (κ2) is 11.1. The van der Waals surface area contributed by atoms with E-state index in [0.29, 0.717) is 36.3 Å². The minimum atomic E-state index is 0.405. The Morgan fingerprint density at radius 3 is 2.23 bits per heavy atom. The predicted molar refractivity (Wildman–Crippen MR) is 81.4 cm³/mol. The van der Waals surface area contributed by atoms with Crippen molar-refractivity contribution in [1.29, 1.82) is 0 Å². The largest absolute Gasteiger partial charge is 0.451 e. The Hall–Kier alpha value is -1.53. The van der Waals surface area contributed by atoms with Crippen LogP contribution >= 0.6 is 0 Å². The maximum Gasteiger partial charge on any atom is 0.334 e. The molecule has 1 fully saturated rings. The van der Waals surface area contributed by atoms with Crippen molar-refractivity contribution in [3.63, 3.8) is 0 Å². The average Bonchev–Trinajstić information content (AvgIpc) is 2.55. The first-order chi connectivity index (χ1) is 10.7. The molecule has 22 heavy (non-hydrogen) atoms. The SMILES string of the molecule is COC(=[NH2+])CCN(CC1CCCCCCCCC1)/[N+](O)=N/O. The number of hydrogen-bond donors (Lipinski definition) is 3. The number of methoxy groups -OCH3 is 1. The molecule has 0 aromatic heterocycles. The van der Waals surface area contributed by atoms with Gasteiger partial charge in [0, 0.05) is 0 Å². The van der Waals surface area contributed by atoms with E-state index in [-0.39, 0.29) is 0 Å². The maximum atomic E-state index is 9.71. The van der Waals surface area contributed by atoms with Crippen LogP contribution in [0.2, 0.25) is 0 Å². The van der Waals surface area contributed by atoms with Gasteiger partial charge in [-0.3, -0.25) is 0 Å². The first-order valence-corrected chi connectivity index (χ1v) is 8.41. The topological polar surface area (TPSA) is 93.9 Å². The van der Waals surface area contributed by atoms with E-state index in [9.17, 15) is 5.21 Å². The van der Waals surface area contributed by atoms with E-state index in [1.165, 1.54) is 52.1 Å². The van der Waals surface area contributed by atoms with Crippen molar-refractivity contribution in [3.05, 3.63) is 0 Å². The zero-order valence-electron chi connectivity index (χ0n) is 13.8. The van der Waals surface area contributed by atoms with E-state index < -0.39 is 0 Å². The van der Waals surface area contributed by atoms with Gasteiger partial charge in [-0.2, -0.15) is 0 Å². The van der Waals surface area contributed by atoms with Gasteiger partial charge in [-0.05, 0) is 18.8 Å². The van der Waals surface area contributed by atoms with Gasteiger partial charge < -0.3 is 9.94 Å². The van der Waals surface area contributed by atoms with Gasteiger partial charge in [0.15, 0.2) is 0 Å². The van der Waals surface area contributed by atoms with Gasteiger partial charge in [0.1, 0.15) is 0 Å². The Labute approximate surface area is 133 Å². The molecule has 0 amide bonds. The normalized spacial score (nSPS) is 18.7. The lowest BCUT2D eigenvalue weighted by Gasteiger charge is -2.21. The fourth-order valence-corrected chi connectivity index (χ4v) is 3.03. The first kappa shape index (κ1) is 18.5. The number of hydrazine groups is 1. The quantitative estimate of drug-likeness (QED) is 0.229. The monoisotopic (exact) mass is 316 g/mol. The summed E-state index contributed by atoms with van der Waals surface area (Å²) in [7, 11) is 1.52. The molecule has 1 aliphatic rings. The molecule has 0 radical (unpaired) electrons. The van der Waals surface area contributed by atoms with E-state index in [1.807, 2.05) is 0 Å². The van der Waals surface area contributed by atoms with Crippen molar-refractivity contribution >= 4 is 5.90 Å². The summed E-state index contributed by atoms with van der Waals surface area (Å²) in [5.74, 6) is 0.903. The van der Waals surface area contributed by atoms with Gasteiger partial charge >= 0.3 is 5.90 Å². The molecule has 0 saturated heterocycles. The summed E-state index contributed by atoms with van der Waals surface area (Å²) in [4.78, 5) is 0.516. The molecule has 4 N–H and O–H groups in total. The number of ether oxygens (including phenoxy) is 1. The van der Waals surface area contributed by atoms with E-state index in [1.54, 1.807) is 5.01 Å². The Morgan fingerprint density at radius 1 is 1.18 bits per heavy atom. The van der Waals surface area contributed by atoms with Crippen molar-refractivity contribution in [3.8, 4) is 0 Å². The minimum Gasteiger partial charge on any atom is -0.451 e. The maximum absolute atomic E-state index is 9.71. The van der Waals surface area contributed by atoms with Crippen LogP contribution in [0, 0.1) is 5.92 Å². The third-order valence-electron chi connectivity index (χ3n) is 4.41. The highest BCUT2D eigenvalue weighted by molar-refractivity contribution is 5.69. The van der Waals surface area contributed by atoms with E-state index in [0.717, 1.165) is 12.8 Å². The molecule has 7 heteroatoms. The Kier molecular flexibility index (Phi) is 9.34. The van der Waals surface area contributed by atoms with Crippen LogP contribution in [0.5, 0.6) is 0 Å². The second-order valence-electron chi connectivity index (χ2n) is 6.11. The molecule has 0 aliphatic heterocycles. The Bertz CT molecular complexity index is 340. The van der Waals surface area contributed by atoms with Gasteiger partial charge in [-0.15, -0.1) is 5.01 Å². The van der Waals surface area contributed by atoms with Gasteiger partial charge in [-0.25, -0.2) is 10.6 Å². The highest BCUT2D eigenvalue weighted by Gasteiger charge is 2.25. The fourth-order valence-electron chi connectivity index (χ4n) is 3.03. The Balaban J connectivity index is 2.54. The van der Waals surface area contributed by atoms with E-state index >= 15 is 0 Å². The standard InChI is InChI=1S/C15H30N4O3/c1-22-15(16)11-12-18(19(21)17-20)13-14-9-7-5-3-2-4-6-8-10-14/h14,16,21H,2-13H2,1H3/p+2. The van der Waals surface area contributed by atoms with Crippen molar-refractivity contribution < 1.29 is 25.5 Å². The second-order valence-corrected chi connectivity index (χ2v) is 6.11. The van der Waals surface area contributed by atoms with Gasteiger partial charge in [0.25, 0.3) is 10.2 Å². The van der Waals surface area contributed by atoms with Crippen molar-refractivity contribution in [1.82, 2.24) is 5.01 Å². The molecule has 0 unspecified atom stereocenters. The summed E-state index contributed by atoms with van der Waals surface area (Å²) in [5.41, 5.74) is 0. The van der Waals surface area contributed by atoms with Gasteiger partial charge in [0.2, 0.25) is 0 Å². The summed E-state index contributed by atoms with van der Waals surface area (Å²) in [5, 5.41) is 28.7. The molecular weight excluding hydrogens is 284 g/mol. The lowest BCUT2D eigenvalue weighted by Crippen LogP contribution is -2.45. The summed E-state index contributed by atoms with van der Waals surface area (Å²) < 4.78 is 4.95. The van der Waals surface area contributed by atoms with Crippen molar-refractivity contribution in [2.75, 3.05) is 20.2 Å². The lowest BCUT2D eigenvalue weighted by atomic mass is 9.92. The summed E-state index contributed by atoms with van der Waals surface area (Å²) in [6.45, 7) is 1.12. The summed E-state index contributed by atoms with van der Waals surface area (Å²) >= 11 is 0. The summed E-state index contributed by atoms with van der Waals surface area (Å²) in [6.07, 6.45) is 11.8. The molecule has 0 aromatic rings. The molecule has 1 aliphatic carbocycles. The van der Waals surface area contributed by atoms with Crippen LogP contribution in [0.1, 0.15) is 64.2 Å². The highest BCUT2D eigenvalue weighted by Crippen LogP contribution is 2.22. The smallest absolute Gasteiger partial charge is 0.334 e. The van der Waals surface area contributed by atoms with E-state index in [2.05, 4.69) is 5.28 Å². The number of nitrogens with zero attached hydrogens (tertiary/aromatic N) is 3. The van der Waals surface area contributed by atoms with Crippen LogP contribution < -0.4 is 5.41 Å². The number of rotatable bonds is 6. The fraction of sp³-hybridized carbons (Fsp3) is 0.933. The van der Waals surface area contributed by atoms with Crippen LogP contribution in [0.15, 0.2) is 5.28 Å². The van der Waals surface area contributed by atoms with Crippen LogP contribution in [-0.2, 0) is 4.74 Å². The van der Waals surface area contributed by atoms with E-state index in [4.69, 9.17) is 15.4 Å². The van der Waals surface area contributed by atoms with Crippen molar-refractivity contribution in [2.24, 2.45) is 11.2 Å². The number of nitrogens with two attached hydrogens (primary N) is 1. The molecule has 7 nitrogen and oxygen atoms in total. The minimum absolute atomic E-state index is 0.405. The van der Waals surface area contributed by atoms with Crippen molar-refractivity contribution in [2.45, 2.75) is 64.2 Å². The third kappa shape index (κ3) is 7.47. The molecule has 1 rings (SSSR count). The predicted octanol–water partition coefficient (Wildman–Crippen LogP) is 1.78. The molecule has 0 heterocycles. The molecule has 0 bridgehead atoms. The molecule has 0 spiro atoms. The van der Waals surface area contributed by atoms with Gasteiger partial charge in [-0.1, -0.05) is 44.9 Å². The van der Waals surface area contributed by atoms with Crippen LogP contribution in [-0.4, -0.2) is 46.5 Å². The first-order valence-electron chi connectivity index (χ1n) is 8.41. The number of hydrogen-bond acceptors (Lipinski definition) is 2. The molecule has 0 aromatic carbocycles. The zero-order valence-corrected chi connectivity index (χ0v) is 13.8. The van der Waals surface area contributed by atoms with Gasteiger partial charge in [0.05, 0.1) is 26.6 Å². The molecule has 1 saturated carbocycles. The molecule has 0 atom stereocenters. The molecular formula is C15H32N4O3+2. The molecule has 128 valence electrons. The highest BCUT2D eigenvalue weighted by atomic mass is 16.6. The Morgan fingerprint density at radius 2 is 1.73 bits per heavy atom. The third-order valence-corrected chi connectivity index (χ3v) is 4.41. The van der Waals surface area contributed by atoms with Crippen LogP contribution in [0.3, 0.4) is 0 Å². The average molecular weight is 316 g/mol. The van der Waals surface area contributed by atoms with Crippen LogP contribution in [0.25, 0.3) is 0 Å². The van der Waals surface area contributed by atoms with Crippen LogP contribution in [0.4, 0.5) is 0 Å².